The number of thiocarbonyl (C=S) groups is 1. The lowest BCUT2D eigenvalue weighted by Gasteiger charge is -2.32. The molecule has 1 aliphatic rings. The monoisotopic (exact) mass is 340 g/mol. The van der Waals surface area contributed by atoms with Crippen molar-refractivity contribution in [1.82, 2.24) is 15.1 Å². The highest BCUT2D eigenvalue weighted by molar-refractivity contribution is 7.80. The number of likely N-dealkylation sites (N-methyl/N-ethyl adjacent to an activating group) is 1. The molecule has 0 atom stereocenters. The van der Waals surface area contributed by atoms with Crippen molar-refractivity contribution in [3.8, 4) is 0 Å². The summed E-state index contributed by atoms with van der Waals surface area (Å²) in [6, 6.07) is 5.79. The maximum atomic E-state index is 6.11. The SMILES string of the molecule is Cc1c(Cl)cccc1NC(=S)NCCCN1CCN(C)CC1. The van der Waals surface area contributed by atoms with Gasteiger partial charge < -0.3 is 20.4 Å². The highest BCUT2D eigenvalue weighted by Crippen LogP contribution is 2.22. The summed E-state index contributed by atoms with van der Waals surface area (Å²) in [6.07, 6.45) is 1.10. The van der Waals surface area contributed by atoms with Crippen molar-refractivity contribution in [3.05, 3.63) is 28.8 Å². The van der Waals surface area contributed by atoms with Crippen LogP contribution in [0.5, 0.6) is 0 Å². The van der Waals surface area contributed by atoms with E-state index in [4.69, 9.17) is 23.8 Å². The molecule has 1 heterocycles. The van der Waals surface area contributed by atoms with Crippen LogP contribution in [-0.2, 0) is 0 Å². The molecule has 1 fully saturated rings. The van der Waals surface area contributed by atoms with Crippen LogP contribution in [0.25, 0.3) is 0 Å². The third kappa shape index (κ3) is 5.39. The van der Waals surface area contributed by atoms with Gasteiger partial charge in [0.15, 0.2) is 5.11 Å². The van der Waals surface area contributed by atoms with Crippen LogP contribution in [0.3, 0.4) is 0 Å². The Labute approximate surface area is 143 Å². The molecule has 122 valence electrons. The van der Waals surface area contributed by atoms with E-state index in [-0.39, 0.29) is 0 Å². The van der Waals surface area contributed by atoms with Crippen LogP contribution in [-0.4, -0.2) is 61.2 Å². The molecular formula is C16H25ClN4S. The summed E-state index contributed by atoms with van der Waals surface area (Å²) < 4.78 is 0. The molecule has 6 heteroatoms. The minimum Gasteiger partial charge on any atom is -0.362 e. The Bertz CT molecular complexity index is 501. The molecule has 1 aromatic carbocycles. The smallest absolute Gasteiger partial charge is 0.170 e. The zero-order valence-corrected chi connectivity index (χ0v) is 14.9. The summed E-state index contributed by atoms with van der Waals surface area (Å²) in [7, 11) is 2.18. The van der Waals surface area contributed by atoms with Crippen LogP contribution < -0.4 is 10.6 Å². The topological polar surface area (TPSA) is 30.5 Å². The Balaban J connectivity index is 1.65. The second kappa shape index (κ2) is 8.67. The maximum absolute atomic E-state index is 6.11. The molecule has 1 aliphatic heterocycles. The van der Waals surface area contributed by atoms with Gasteiger partial charge in [0.25, 0.3) is 0 Å². The van der Waals surface area contributed by atoms with Gasteiger partial charge in [0.1, 0.15) is 0 Å². The Kier molecular flexibility index (Phi) is 6.89. The summed E-state index contributed by atoms with van der Waals surface area (Å²) in [5, 5.41) is 7.89. The molecule has 22 heavy (non-hydrogen) atoms. The van der Waals surface area contributed by atoms with E-state index in [2.05, 4.69) is 27.5 Å². The van der Waals surface area contributed by atoms with E-state index >= 15 is 0 Å². The lowest BCUT2D eigenvalue weighted by Crippen LogP contribution is -2.45. The molecule has 0 bridgehead atoms. The molecule has 0 aromatic heterocycles. The zero-order chi connectivity index (χ0) is 15.9. The molecule has 4 nitrogen and oxygen atoms in total. The molecule has 0 unspecified atom stereocenters. The van der Waals surface area contributed by atoms with E-state index in [1.807, 2.05) is 25.1 Å². The molecule has 1 saturated heterocycles. The summed E-state index contributed by atoms with van der Waals surface area (Å²) in [4.78, 5) is 4.89. The average Bonchev–Trinajstić information content (AvgIpc) is 2.50. The van der Waals surface area contributed by atoms with Crippen LogP contribution in [0.15, 0.2) is 18.2 Å². The van der Waals surface area contributed by atoms with Gasteiger partial charge in [-0.2, -0.15) is 0 Å². The van der Waals surface area contributed by atoms with Crippen molar-refractivity contribution in [2.75, 3.05) is 51.6 Å². The van der Waals surface area contributed by atoms with Crippen molar-refractivity contribution < 1.29 is 0 Å². The van der Waals surface area contributed by atoms with Gasteiger partial charge in [-0.15, -0.1) is 0 Å². The van der Waals surface area contributed by atoms with Crippen molar-refractivity contribution in [2.24, 2.45) is 0 Å². The molecule has 0 spiro atoms. The molecule has 1 aromatic rings. The quantitative estimate of drug-likeness (QED) is 0.635. The molecule has 0 amide bonds. The van der Waals surface area contributed by atoms with Crippen molar-refractivity contribution >= 4 is 34.6 Å². The van der Waals surface area contributed by atoms with Crippen molar-refractivity contribution in [3.63, 3.8) is 0 Å². The van der Waals surface area contributed by atoms with E-state index in [0.29, 0.717) is 5.11 Å². The van der Waals surface area contributed by atoms with Crippen molar-refractivity contribution in [1.29, 1.82) is 0 Å². The second-order valence-electron chi connectivity index (χ2n) is 5.79. The minimum atomic E-state index is 0.656. The van der Waals surface area contributed by atoms with Crippen LogP contribution in [0.4, 0.5) is 5.69 Å². The van der Waals surface area contributed by atoms with E-state index in [0.717, 1.165) is 35.8 Å². The van der Waals surface area contributed by atoms with Crippen LogP contribution in [0.1, 0.15) is 12.0 Å². The first kappa shape index (κ1) is 17.5. The summed E-state index contributed by atoms with van der Waals surface area (Å²) in [6.45, 7) is 8.67. The molecular weight excluding hydrogens is 316 g/mol. The van der Waals surface area contributed by atoms with Crippen LogP contribution in [0.2, 0.25) is 5.02 Å². The number of anilines is 1. The second-order valence-corrected chi connectivity index (χ2v) is 6.61. The minimum absolute atomic E-state index is 0.656. The Hall–Kier alpha value is -0.880. The Morgan fingerprint density at radius 2 is 2.00 bits per heavy atom. The summed E-state index contributed by atoms with van der Waals surface area (Å²) in [5.74, 6) is 0. The number of nitrogens with one attached hydrogen (secondary N) is 2. The average molecular weight is 341 g/mol. The van der Waals surface area contributed by atoms with Gasteiger partial charge in [0.05, 0.1) is 0 Å². The van der Waals surface area contributed by atoms with Gasteiger partial charge in [0, 0.05) is 43.4 Å². The molecule has 0 aliphatic carbocycles. The largest absolute Gasteiger partial charge is 0.362 e. The highest BCUT2D eigenvalue weighted by atomic mass is 35.5. The fourth-order valence-corrected chi connectivity index (χ4v) is 2.87. The third-order valence-corrected chi connectivity index (χ3v) is 4.70. The number of benzene rings is 1. The van der Waals surface area contributed by atoms with E-state index in [1.54, 1.807) is 0 Å². The van der Waals surface area contributed by atoms with Gasteiger partial charge in [-0.05, 0) is 56.9 Å². The Morgan fingerprint density at radius 3 is 2.73 bits per heavy atom. The maximum Gasteiger partial charge on any atom is 0.170 e. The van der Waals surface area contributed by atoms with Gasteiger partial charge in [0.2, 0.25) is 0 Å². The molecule has 2 rings (SSSR count). The van der Waals surface area contributed by atoms with Crippen LogP contribution in [0, 0.1) is 6.92 Å². The summed E-state index contributed by atoms with van der Waals surface area (Å²) >= 11 is 11.4. The number of halogens is 1. The predicted molar refractivity (Wildman–Crippen MR) is 99.0 cm³/mol. The number of hydrogen-bond donors (Lipinski definition) is 2. The van der Waals surface area contributed by atoms with E-state index in [9.17, 15) is 0 Å². The number of hydrogen-bond acceptors (Lipinski definition) is 3. The fourth-order valence-electron chi connectivity index (χ4n) is 2.49. The van der Waals surface area contributed by atoms with Gasteiger partial charge >= 0.3 is 0 Å². The first-order chi connectivity index (χ1) is 10.6. The van der Waals surface area contributed by atoms with Gasteiger partial charge in [-0.25, -0.2) is 0 Å². The van der Waals surface area contributed by atoms with E-state index < -0.39 is 0 Å². The first-order valence-corrected chi connectivity index (χ1v) is 8.56. The predicted octanol–water partition coefficient (Wildman–Crippen LogP) is 2.57. The van der Waals surface area contributed by atoms with Gasteiger partial charge in [-0.3, -0.25) is 0 Å². The third-order valence-electron chi connectivity index (χ3n) is 4.05. The number of rotatable bonds is 5. The fraction of sp³-hybridized carbons (Fsp3) is 0.562. The van der Waals surface area contributed by atoms with Crippen molar-refractivity contribution in [2.45, 2.75) is 13.3 Å². The summed E-state index contributed by atoms with van der Waals surface area (Å²) in [5.41, 5.74) is 1.98. The molecule has 0 radical (unpaired) electrons. The zero-order valence-electron chi connectivity index (χ0n) is 13.4. The highest BCUT2D eigenvalue weighted by Gasteiger charge is 2.12. The Morgan fingerprint density at radius 1 is 1.27 bits per heavy atom. The first-order valence-electron chi connectivity index (χ1n) is 7.77. The molecule has 2 N–H and O–H groups in total. The standard InChI is InChI=1S/C16H25ClN4S/c1-13-14(17)5-3-6-15(13)19-16(22)18-7-4-8-21-11-9-20(2)10-12-21/h3,5-6H,4,7-12H2,1-2H3,(H2,18,19,22). The van der Waals surface area contributed by atoms with Gasteiger partial charge in [-0.1, -0.05) is 17.7 Å². The van der Waals surface area contributed by atoms with E-state index in [1.165, 1.54) is 26.2 Å². The number of nitrogens with zero attached hydrogens (tertiary/aromatic N) is 2. The lowest BCUT2D eigenvalue weighted by atomic mass is 10.2. The lowest BCUT2D eigenvalue weighted by molar-refractivity contribution is 0.153. The normalized spacial score (nSPS) is 16.5. The number of piperazine rings is 1. The van der Waals surface area contributed by atoms with Crippen LogP contribution >= 0.6 is 23.8 Å². The molecule has 0 saturated carbocycles.